The number of hydrogen-bond acceptors (Lipinski definition) is 5. The molecule has 35 heavy (non-hydrogen) atoms. The minimum Gasteiger partial charge on any atom is -0.493 e. The van der Waals surface area contributed by atoms with Gasteiger partial charge in [0.1, 0.15) is 5.54 Å². The first-order valence-corrected chi connectivity index (χ1v) is 13.2. The molecule has 2 atom stereocenters. The fourth-order valence-corrected chi connectivity index (χ4v) is 6.62. The van der Waals surface area contributed by atoms with Crippen molar-refractivity contribution < 1.29 is 28.9 Å². The van der Waals surface area contributed by atoms with Crippen LogP contribution >= 0.6 is 0 Å². The highest BCUT2D eigenvalue weighted by molar-refractivity contribution is 5.91. The van der Waals surface area contributed by atoms with E-state index in [1.165, 1.54) is 6.42 Å². The Morgan fingerprint density at radius 2 is 1.57 bits per heavy atom. The lowest BCUT2D eigenvalue weighted by Crippen LogP contribution is -2.64. The lowest BCUT2D eigenvalue weighted by molar-refractivity contribution is -0.169. The van der Waals surface area contributed by atoms with Gasteiger partial charge in [0.05, 0.1) is 27.2 Å². The van der Waals surface area contributed by atoms with E-state index in [1.54, 1.807) is 26.2 Å². The van der Waals surface area contributed by atoms with Crippen molar-refractivity contribution >= 4 is 11.9 Å². The fourth-order valence-electron chi connectivity index (χ4n) is 6.62. The second-order valence-electron chi connectivity index (χ2n) is 10.0. The number of carboxylic acids is 1. The topological polar surface area (TPSA) is 85.3 Å². The van der Waals surface area contributed by atoms with Gasteiger partial charge < -0.3 is 24.2 Å². The zero-order valence-corrected chi connectivity index (χ0v) is 22.1. The van der Waals surface area contributed by atoms with Crippen LogP contribution in [0.15, 0.2) is 12.1 Å². The summed E-state index contributed by atoms with van der Waals surface area (Å²) < 4.78 is 16.7. The number of carbonyl (C=O) groups excluding carboxylic acids is 1. The zero-order chi connectivity index (χ0) is 25.6. The van der Waals surface area contributed by atoms with E-state index in [-0.39, 0.29) is 17.7 Å². The first kappa shape index (κ1) is 27.2. The third kappa shape index (κ3) is 5.10. The smallest absolute Gasteiger partial charge is 0.329 e. The van der Waals surface area contributed by atoms with Crippen molar-refractivity contribution in [3.05, 3.63) is 17.7 Å². The summed E-state index contributed by atoms with van der Waals surface area (Å²) in [6.45, 7) is 4.55. The number of carboxylic acid groups (broad SMARTS) is 1. The summed E-state index contributed by atoms with van der Waals surface area (Å²) in [5, 5.41) is 10.6. The van der Waals surface area contributed by atoms with Crippen LogP contribution in [0.5, 0.6) is 17.2 Å². The molecular formula is C28H43NO6. The van der Waals surface area contributed by atoms with E-state index in [0.717, 1.165) is 56.9 Å². The maximum atomic E-state index is 14.6. The highest BCUT2D eigenvalue weighted by Gasteiger charge is 2.54. The molecule has 7 nitrogen and oxygen atoms in total. The van der Waals surface area contributed by atoms with Gasteiger partial charge in [-0.2, -0.15) is 0 Å². The maximum absolute atomic E-state index is 14.6. The van der Waals surface area contributed by atoms with Crippen molar-refractivity contribution in [1.82, 2.24) is 4.90 Å². The van der Waals surface area contributed by atoms with Crippen molar-refractivity contribution in [2.45, 2.75) is 89.5 Å². The third-order valence-electron chi connectivity index (χ3n) is 8.40. The number of piperidine rings is 1. The molecular weight excluding hydrogens is 446 g/mol. The van der Waals surface area contributed by atoms with E-state index in [4.69, 9.17) is 14.2 Å². The van der Waals surface area contributed by atoms with Gasteiger partial charge in [0.2, 0.25) is 11.7 Å². The Kier molecular flexibility index (Phi) is 9.31. The van der Waals surface area contributed by atoms with E-state index in [0.29, 0.717) is 30.2 Å². The van der Waals surface area contributed by atoms with E-state index in [1.807, 2.05) is 26.0 Å². The number of rotatable bonds is 10. The second-order valence-corrected chi connectivity index (χ2v) is 10.0. The third-order valence-corrected chi connectivity index (χ3v) is 8.40. The van der Waals surface area contributed by atoms with Crippen LogP contribution in [0, 0.1) is 11.8 Å². The number of amides is 1. The zero-order valence-electron chi connectivity index (χ0n) is 22.1. The molecule has 0 bridgehead atoms. The first-order valence-electron chi connectivity index (χ1n) is 13.2. The molecule has 1 aromatic rings. The summed E-state index contributed by atoms with van der Waals surface area (Å²) in [7, 11) is 4.71. The average Bonchev–Trinajstić information content (AvgIpc) is 2.89. The van der Waals surface area contributed by atoms with Crippen molar-refractivity contribution in [3.8, 4) is 17.2 Å². The fraction of sp³-hybridized carbons (Fsp3) is 0.714. The molecule has 0 aromatic heterocycles. The van der Waals surface area contributed by atoms with Crippen LogP contribution in [0.1, 0.15) is 89.5 Å². The monoisotopic (exact) mass is 489 g/mol. The van der Waals surface area contributed by atoms with Gasteiger partial charge in [-0.1, -0.05) is 46.0 Å². The molecule has 2 fully saturated rings. The summed E-state index contributed by atoms with van der Waals surface area (Å²) >= 11 is 0. The molecule has 0 spiro atoms. The normalized spacial score (nSPS) is 22.1. The van der Waals surface area contributed by atoms with Crippen molar-refractivity contribution in [2.24, 2.45) is 11.8 Å². The summed E-state index contributed by atoms with van der Waals surface area (Å²) in [6.07, 6.45) is 8.84. The molecule has 3 rings (SSSR count). The van der Waals surface area contributed by atoms with Crippen molar-refractivity contribution in [1.29, 1.82) is 0 Å². The molecule has 1 saturated carbocycles. The molecule has 2 aliphatic rings. The Hall–Kier alpha value is -2.44. The van der Waals surface area contributed by atoms with Gasteiger partial charge in [-0.15, -0.1) is 0 Å². The van der Waals surface area contributed by atoms with Gasteiger partial charge in [0, 0.05) is 6.54 Å². The molecule has 1 aliphatic carbocycles. The highest BCUT2D eigenvalue weighted by atomic mass is 16.5. The Labute approximate surface area is 210 Å². The number of methoxy groups -OCH3 is 3. The number of ether oxygens (including phenoxy) is 3. The summed E-state index contributed by atoms with van der Waals surface area (Å²) in [5.41, 5.74) is -0.349. The van der Waals surface area contributed by atoms with Crippen molar-refractivity contribution in [2.75, 3.05) is 27.9 Å². The molecule has 1 amide bonds. The lowest BCUT2D eigenvalue weighted by Gasteiger charge is -2.50. The quantitative estimate of drug-likeness (QED) is 0.457. The van der Waals surface area contributed by atoms with Gasteiger partial charge >= 0.3 is 5.97 Å². The number of likely N-dealkylation sites (tertiary alicyclic amines) is 1. The average molecular weight is 490 g/mol. The van der Waals surface area contributed by atoms with Gasteiger partial charge in [-0.05, 0) is 61.6 Å². The standard InChI is InChI=1S/C28H43NO6/c1-6-21(7-2)28(27(31)32)15-11-12-16-29(28)26(30)24(19-13-9-8-10-14-19)20-17-22(33-3)25(35-5)23(18-20)34-4/h17-19,21,24H,6-16H2,1-5H3,(H,31,32)/t24-,28-/m0/s1. The molecule has 1 saturated heterocycles. The van der Waals surface area contributed by atoms with E-state index >= 15 is 0 Å². The largest absolute Gasteiger partial charge is 0.493 e. The van der Waals surface area contributed by atoms with Gasteiger partial charge in [-0.3, -0.25) is 4.79 Å². The molecule has 0 unspecified atom stereocenters. The Balaban J connectivity index is 2.16. The Morgan fingerprint density at radius 3 is 2.06 bits per heavy atom. The van der Waals surface area contributed by atoms with Crippen LogP contribution in [0.3, 0.4) is 0 Å². The molecule has 7 heteroatoms. The second kappa shape index (κ2) is 12.0. The first-order chi connectivity index (χ1) is 16.9. The molecule has 1 aliphatic heterocycles. The number of carbonyl (C=O) groups is 2. The van der Waals surface area contributed by atoms with Crippen LogP contribution in [0.25, 0.3) is 0 Å². The number of nitrogens with zero attached hydrogens (tertiary/aromatic N) is 1. The van der Waals surface area contributed by atoms with E-state index < -0.39 is 17.4 Å². The van der Waals surface area contributed by atoms with E-state index in [2.05, 4.69) is 0 Å². The SMILES string of the molecule is CCC(CC)[C@]1(C(=O)O)CCCCN1C(=O)[C@H](c1cc(OC)c(OC)c(OC)c1)C1CCCCC1. The lowest BCUT2D eigenvalue weighted by atomic mass is 9.70. The predicted octanol–water partition coefficient (Wildman–Crippen LogP) is 5.65. The van der Waals surface area contributed by atoms with Crippen LogP contribution in [-0.4, -0.2) is 55.3 Å². The van der Waals surface area contributed by atoms with Crippen LogP contribution in [0.2, 0.25) is 0 Å². The van der Waals surface area contributed by atoms with Crippen LogP contribution in [-0.2, 0) is 9.59 Å². The van der Waals surface area contributed by atoms with Gasteiger partial charge in [0.25, 0.3) is 0 Å². The predicted molar refractivity (Wildman–Crippen MR) is 135 cm³/mol. The molecule has 1 N–H and O–H groups in total. The number of benzene rings is 1. The number of hydrogen-bond donors (Lipinski definition) is 1. The number of aliphatic carboxylic acids is 1. The minimum absolute atomic E-state index is 0.0693. The van der Waals surface area contributed by atoms with Crippen molar-refractivity contribution in [3.63, 3.8) is 0 Å². The molecule has 1 heterocycles. The van der Waals surface area contributed by atoms with E-state index in [9.17, 15) is 14.7 Å². The van der Waals surface area contributed by atoms with Crippen LogP contribution < -0.4 is 14.2 Å². The molecule has 1 aromatic carbocycles. The minimum atomic E-state index is -1.16. The summed E-state index contributed by atoms with van der Waals surface area (Å²) in [5.74, 6) is 0.188. The Morgan fingerprint density at radius 1 is 0.971 bits per heavy atom. The summed E-state index contributed by atoms with van der Waals surface area (Å²) in [6, 6.07) is 3.75. The van der Waals surface area contributed by atoms with Crippen LogP contribution in [0.4, 0.5) is 0 Å². The highest BCUT2D eigenvalue weighted by Crippen LogP contribution is 2.47. The van der Waals surface area contributed by atoms with Gasteiger partial charge in [0.15, 0.2) is 11.5 Å². The Bertz CT molecular complexity index is 851. The molecule has 0 radical (unpaired) electrons. The van der Waals surface area contributed by atoms with Gasteiger partial charge in [-0.25, -0.2) is 4.79 Å². The molecule has 196 valence electrons. The maximum Gasteiger partial charge on any atom is 0.329 e. The summed E-state index contributed by atoms with van der Waals surface area (Å²) in [4.78, 5) is 29.2.